The lowest BCUT2D eigenvalue weighted by atomic mass is 10.2. The minimum Gasteiger partial charge on any atom is -0.325 e. The highest BCUT2D eigenvalue weighted by Gasteiger charge is 2.18. The molecular weight excluding hydrogens is 392 g/mol. The second-order valence-electron chi connectivity index (χ2n) is 5.84. The Labute approximate surface area is 163 Å². The van der Waals surface area contributed by atoms with E-state index in [1.807, 2.05) is 31.2 Å². The Balaban J connectivity index is 1.99. The quantitative estimate of drug-likeness (QED) is 0.745. The van der Waals surface area contributed by atoms with Crippen LogP contribution in [0.25, 0.3) is 0 Å². The second-order valence-corrected chi connectivity index (χ2v) is 9.73. The van der Waals surface area contributed by atoms with Crippen molar-refractivity contribution >= 4 is 45.0 Å². The van der Waals surface area contributed by atoms with E-state index in [0.29, 0.717) is 10.7 Å². The van der Waals surface area contributed by atoms with Crippen LogP contribution in [0.5, 0.6) is 0 Å². The van der Waals surface area contributed by atoms with E-state index < -0.39 is 10.0 Å². The summed E-state index contributed by atoms with van der Waals surface area (Å²) in [5.74, 6) is 0.0325. The zero-order chi connectivity index (χ0) is 19.3. The number of rotatable bonds is 7. The maximum Gasteiger partial charge on any atom is 0.242 e. The number of hydrogen-bond donors (Lipinski definition) is 1. The summed E-state index contributed by atoms with van der Waals surface area (Å²) < 4.78 is 25.5. The minimum absolute atomic E-state index is 0.0647. The summed E-state index contributed by atoms with van der Waals surface area (Å²) in [5, 5.41) is 3.48. The molecule has 8 heteroatoms. The summed E-state index contributed by atoms with van der Waals surface area (Å²) in [6.45, 7) is 1.99. The fraction of sp³-hybridized carbons (Fsp3) is 0.278. The van der Waals surface area contributed by atoms with Gasteiger partial charge in [0.15, 0.2) is 0 Å². The van der Waals surface area contributed by atoms with Gasteiger partial charge in [-0.15, -0.1) is 11.8 Å². The van der Waals surface area contributed by atoms with Crippen molar-refractivity contribution in [1.82, 2.24) is 4.31 Å². The number of benzene rings is 2. The Kier molecular flexibility index (Phi) is 7.11. The van der Waals surface area contributed by atoms with Gasteiger partial charge in [0, 0.05) is 30.1 Å². The van der Waals surface area contributed by atoms with Crippen LogP contribution in [0.4, 0.5) is 5.69 Å². The molecule has 1 amide bonds. The fourth-order valence-electron chi connectivity index (χ4n) is 2.24. The summed E-state index contributed by atoms with van der Waals surface area (Å²) in [6.07, 6.45) is 0. The van der Waals surface area contributed by atoms with Crippen LogP contribution in [-0.2, 0) is 14.8 Å². The maximum absolute atomic E-state index is 12.2. The van der Waals surface area contributed by atoms with Crippen molar-refractivity contribution in [3.05, 3.63) is 59.1 Å². The van der Waals surface area contributed by atoms with Crippen molar-refractivity contribution in [1.29, 1.82) is 0 Å². The van der Waals surface area contributed by atoms with E-state index in [4.69, 9.17) is 11.6 Å². The summed E-state index contributed by atoms with van der Waals surface area (Å²) in [5.41, 5.74) is 1.43. The van der Waals surface area contributed by atoms with Gasteiger partial charge in [-0.05, 0) is 36.8 Å². The van der Waals surface area contributed by atoms with E-state index in [0.717, 1.165) is 9.87 Å². The lowest BCUT2D eigenvalue weighted by Gasteiger charge is -2.14. The predicted octanol–water partition coefficient (Wildman–Crippen LogP) is 4.02. The van der Waals surface area contributed by atoms with E-state index in [9.17, 15) is 13.2 Å². The molecule has 0 bridgehead atoms. The van der Waals surface area contributed by atoms with Crippen LogP contribution >= 0.6 is 23.4 Å². The first kappa shape index (κ1) is 20.8. The molecular formula is C18H21ClN2O3S2. The molecule has 0 heterocycles. The lowest BCUT2D eigenvalue weighted by Crippen LogP contribution is -2.22. The molecule has 0 saturated carbocycles. The average Bonchev–Trinajstić information content (AvgIpc) is 2.60. The molecule has 2 aromatic carbocycles. The number of carbonyl (C=O) groups excluding carboxylic acids is 1. The van der Waals surface area contributed by atoms with Crippen LogP contribution in [0.2, 0.25) is 5.02 Å². The van der Waals surface area contributed by atoms with Gasteiger partial charge in [0.05, 0.1) is 10.6 Å². The molecule has 1 N–H and O–H groups in total. The molecule has 1 atom stereocenters. The van der Waals surface area contributed by atoms with Gasteiger partial charge in [0.2, 0.25) is 15.9 Å². The minimum atomic E-state index is -3.54. The van der Waals surface area contributed by atoms with Gasteiger partial charge in [0.1, 0.15) is 0 Å². The van der Waals surface area contributed by atoms with Gasteiger partial charge in [-0.25, -0.2) is 12.7 Å². The Bertz CT molecular complexity index is 886. The highest BCUT2D eigenvalue weighted by Crippen LogP contribution is 2.32. The van der Waals surface area contributed by atoms with E-state index in [2.05, 4.69) is 5.32 Å². The SMILES string of the molecule is C[C@@H](SCC(=O)Nc1cccc(S(=O)(=O)N(C)C)c1)c1ccccc1Cl. The molecule has 0 saturated heterocycles. The average molecular weight is 413 g/mol. The van der Waals surface area contributed by atoms with Gasteiger partial charge < -0.3 is 5.32 Å². The normalized spacial score (nSPS) is 12.8. The number of thioether (sulfide) groups is 1. The number of sulfonamides is 1. The molecule has 26 heavy (non-hydrogen) atoms. The Morgan fingerprint density at radius 2 is 1.88 bits per heavy atom. The molecule has 2 aromatic rings. The summed E-state index contributed by atoms with van der Waals surface area (Å²) >= 11 is 7.64. The van der Waals surface area contributed by atoms with Crippen molar-refractivity contribution < 1.29 is 13.2 Å². The highest BCUT2D eigenvalue weighted by atomic mass is 35.5. The van der Waals surface area contributed by atoms with Gasteiger partial charge in [0.25, 0.3) is 0 Å². The molecule has 5 nitrogen and oxygen atoms in total. The number of anilines is 1. The van der Waals surface area contributed by atoms with Crippen molar-refractivity contribution in [3.8, 4) is 0 Å². The smallest absolute Gasteiger partial charge is 0.242 e. The zero-order valence-corrected chi connectivity index (χ0v) is 17.2. The first-order chi connectivity index (χ1) is 12.2. The van der Waals surface area contributed by atoms with Gasteiger partial charge in [-0.3, -0.25) is 4.79 Å². The van der Waals surface area contributed by atoms with E-state index in [1.165, 1.54) is 38.0 Å². The first-order valence-corrected chi connectivity index (χ1v) is 10.8. The van der Waals surface area contributed by atoms with Crippen molar-refractivity contribution in [2.75, 3.05) is 25.2 Å². The van der Waals surface area contributed by atoms with Crippen molar-refractivity contribution in [3.63, 3.8) is 0 Å². The molecule has 0 radical (unpaired) electrons. The molecule has 0 unspecified atom stereocenters. The monoisotopic (exact) mass is 412 g/mol. The number of nitrogens with one attached hydrogen (secondary N) is 1. The molecule has 0 aliphatic heterocycles. The third kappa shape index (κ3) is 5.23. The maximum atomic E-state index is 12.2. The summed E-state index contributed by atoms with van der Waals surface area (Å²) in [7, 11) is -0.608. The van der Waals surface area contributed by atoms with Crippen LogP contribution in [0, 0.1) is 0 Å². The molecule has 2 rings (SSSR count). The van der Waals surface area contributed by atoms with Crippen LogP contribution in [-0.4, -0.2) is 38.5 Å². The van der Waals surface area contributed by atoms with Crippen LogP contribution < -0.4 is 5.32 Å². The predicted molar refractivity (Wildman–Crippen MR) is 108 cm³/mol. The number of halogens is 1. The molecule has 0 spiro atoms. The van der Waals surface area contributed by atoms with Crippen molar-refractivity contribution in [2.45, 2.75) is 17.1 Å². The number of carbonyl (C=O) groups is 1. The van der Waals surface area contributed by atoms with Gasteiger partial charge >= 0.3 is 0 Å². The van der Waals surface area contributed by atoms with E-state index in [1.54, 1.807) is 12.1 Å². The number of amides is 1. The Morgan fingerprint density at radius 1 is 1.19 bits per heavy atom. The lowest BCUT2D eigenvalue weighted by molar-refractivity contribution is -0.113. The molecule has 0 aliphatic rings. The van der Waals surface area contributed by atoms with Gasteiger partial charge in [-0.1, -0.05) is 35.9 Å². The van der Waals surface area contributed by atoms with Crippen LogP contribution in [0.3, 0.4) is 0 Å². The van der Waals surface area contributed by atoms with E-state index in [-0.39, 0.29) is 21.8 Å². The topological polar surface area (TPSA) is 66.5 Å². The first-order valence-electron chi connectivity index (χ1n) is 7.90. The summed E-state index contributed by atoms with van der Waals surface area (Å²) in [6, 6.07) is 13.8. The Morgan fingerprint density at radius 3 is 2.54 bits per heavy atom. The molecule has 0 aliphatic carbocycles. The third-order valence-electron chi connectivity index (χ3n) is 3.70. The highest BCUT2D eigenvalue weighted by molar-refractivity contribution is 8.00. The summed E-state index contributed by atoms with van der Waals surface area (Å²) in [4.78, 5) is 12.3. The molecule has 0 aromatic heterocycles. The third-order valence-corrected chi connectivity index (χ3v) is 7.04. The molecule has 140 valence electrons. The Hall–Kier alpha value is -1.54. The van der Waals surface area contributed by atoms with Crippen LogP contribution in [0.1, 0.15) is 17.7 Å². The fourth-order valence-corrected chi connectivity index (χ4v) is 4.41. The van der Waals surface area contributed by atoms with Gasteiger partial charge in [-0.2, -0.15) is 0 Å². The largest absolute Gasteiger partial charge is 0.325 e. The standard InChI is InChI=1S/C18H21ClN2O3S2/c1-13(16-9-4-5-10-17(16)19)25-12-18(22)20-14-7-6-8-15(11-14)26(23,24)21(2)3/h4-11,13H,12H2,1-3H3,(H,20,22)/t13-/m1/s1. The van der Waals surface area contributed by atoms with Crippen molar-refractivity contribution in [2.24, 2.45) is 0 Å². The number of nitrogens with zero attached hydrogens (tertiary/aromatic N) is 1. The van der Waals surface area contributed by atoms with Crippen LogP contribution in [0.15, 0.2) is 53.4 Å². The van der Waals surface area contributed by atoms with E-state index >= 15 is 0 Å². The second kappa shape index (κ2) is 8.90. The molecule has 0 fully saturated rings. The number of hydrogen-bond acceptors (Lipinski definition) is 4. The zero-order valence-electron chi connectivity index (χ0n) is 14.8.